The molecule has 2 fully saturated rings. The minimum Gasteiger partial charge on any atom is -0.368 e. The summed E-state index contributed by atoms with van der Waals surface area (Å²) in [5.41, 5.74) is 4.72. The number of hydrogen-bond acceptors (Lipinski definition) is 5. The lowest BCUT2D eigenvalue weighted by atomic mass is 9.79. The molecular formula is C24H23ClF3N5O4. The summed E-state index contributed by atoms with van der Waals surface area (Å²) in [5.74, 6) is -2.88. The number of aryl methyl sites for hydroxylation is 1. The average molecular weight is 538 g/mol. The topological polar surface area (TPSA) is 117 Å². The Morgan fingerprint density at radius 2 is 1.81 bits per heavy atom. The van der Waals surface area contributed by atoms with Crippen molar-refractivity contribution in [3.05, 3.63) is 64.9 Å². The highest BCUT2D eigenvalue weighted by molar-refractivity contribution is 6.30. The summed E-state index contributed by atoms with van der Waals surface area (Å²) in [6, 6.07) is 7.01. The minimum atomic E-state index is -4.87. The molecule has 2 aliphatic heterocycles. The zero-order valence-electron chi connectivity index (χ0n) is 19.4. The van der Waals surface area contributed by atoms with Crippen LogP contribution >= 0.6 is 11.6 Å². The van der Waals surface area contributed by atoms with Gasteiger partial charge in [0.25, 0.3) is 5.91 Å². The zero-order valence-corrected chi connectivity index (χ0v) is 20.2. The maximum atomic E-state index is 13.6. The van der Waals surface area contributed by atoms with Gasteiger partial charge in [-0.3, -0.25) is 24.3 Å². The quantitative estimate of drug-likeness (QED) is 0.543. The van der Waals surface area contributed by atoms with Crippen LogP contribution in [0.1, 0.15) is 17.5 Å². The van der Waals surface area contributed by atoms with E-state index in [9.17, 15) is 32.3 Å². The van der Waals surface area contributed by atoms with Gasteiger partial charge in [-0.15, -0.1) is 0 Å². The Hall–Kier alpha value is -3.67. The van der Waals surface area contributed by atoms with Crippen molar-refractivity contribution in [2.45, 2.75) is 37.0 Å². The van der Waals surface area contributed by atoms with Gasteiger partial charge < -0.3 is 15.5 Å². The predicted molar refractivity (Wildman–Crippen MR) is 125 cm³/mol. The highest BCUT2D eigenvalue weighted by atomic mass is 35.5. The van der Waals surface area contributed by atoms with Crippen molar-refractivity contribution >= 4 is 35.4 Å². The number of aromatic nitrogens is 1. The van der Waals surface area contributed by atoms with E-state index in [0.29, 0.717) is 10.6 Å². The summed E-state index contributed by atoms with van der Waals surface area (Å²) in [4.78, 5) is 58.9. The van der Waals surface area contributed by atoms with E-state index in [4.69, 9.17) is 17.3 Å². The molecule has 2 saturated heterocycles. The third-order valence-electron chi connectivity index (χ3n) is 6.55. The fraction of sp³-hybridized carbons (Fsp3) is 0.375. The predicted octanol–water partition coefficient (Wildman–Crippen LogP) is 2.17. The van der Waals surface area contributed by atoms with Crippen LogP contribution in [0.5, 0.6) is 0 Å². The van der Waals surface area contributed by atoms with Gasteiger partial charge in [-0.1, -0.05) is 29.8 Å². The normalized spacial score (nSPS) is 21.8. The van der Waals surface area contributed by atoms with Crippen molar-refractivity contribution in [3.63, 3.8) is 0 Å². The number of amides is 5. The number of alkyl halides is 3. The molecule has 37 heavy (non-hydrogen) atoms. The fourth-order valence-electron chi connectivity index (χ4n) is 5.01. The van der Waals surface area contributed by atoms with Gasteiger partial charge in [-0.25, -0.2) is 4.79 Å². The van der Waals surface area contributed by atoms with E-state index in [1.807, 2.05) is 0 Å². The number of carbonyl (C=O) groups is 4. The second-order valence-electron chi connectivity index (χ2n) is 8.92. The van der Waals surface area contributed by atoms with Gasteiger partial charge in [0.1, 0.15) is 12.6 Å². The number of primary amides is 1. The number of rotatable bonds is 7. The molecule has 0 saturated carbocycles. The van der Waals surface area contributed by atoms with Gasteiger partial charge in [-0.2, -0.15) is 13.2 Å². The second-order valence-corrected chi connectivity index (χ2v) is 9.36. The van der Waals surface area contributed by atoms with Crippen molar-refractivity contribution in [3.8, 4) is 0 Å². The SMILES string of the molecule is NC(=O)[C@@H]1N(C(=O)CCc2ccc(Cl)cc2)CCN2C(=O)N(CC(F)(F)F)C(=O)[C@]12Cc1cccnc1. The molecule has 13 heteroatoms. The summed E-state index contributed by atoms with van der Waals surface area (Å²) in [6.45, 7) is -2.26. The molecule has 9 nitrogen and oxygen atoms in total. The van der Waals surface area contributed by atoms with Crippen LogP contribution in [0.3, 0.4) is 0 Å². The van der Waals surface area contributed by atoms with Crippen LogP contribution in [0.25, 0.3) is 0 Å². The van der Waals surface area contributed by atoms with E-state index >= 15 is 0 Å². The van der Waals surface area contributed by atoms with E-state index in [-0.39, 0.29) is 37.3 Å². The number of imide groups is 1. The van der Waals surface area contributed by atoms with Crippen LogP contribution in [-0.2, 0) is 27.2 Å². The van der Waals surface area contributed by atoms with E-state index in [2.05, 4.69) is 4.98 Å². The Labute approximate surface area is 215 Å². The summed E-state index contributed by atoms with van der Waals surface area (Å²) in [7, 11) is 0. The second kappa shape index (κ2) is 10.0. The molecule has 2 N–H and O–H groups in total. The number of benzene rings is 1. The molecule has 1 aromatic carbocycles. The lowest BCUT2D eigenvalue weighted by Gasteiger charge is -2.49. The lowest BCUT2D eigenvalue weighted by Crippen LogP contribution is -2.74. The maximum Gasteiger partial charge on any atom is 0.406 e. The van der Waals surface area contributed by atoms with Crippen molar-refractivity contribution in [1.29, 1.82) is 0 Å². The largest absolute Gasteiger partial charge is 0.406 e. The monoisotopic (exact) mass is 537 g/mol. The van der Waals surface area contributed by atoms with Crippen molar-refractivity contribution in [2.24, 2.45) is 5.73 Å². The van der Waals surface area contributed by atoms with Crippen LogP contribution < -0.4 is 5.73 Å². The van der Waals surface area contributed by atoms with Crippen molar-refractivity contribution < 1.29 is 32.3 Å². The third kappa shape index (κ3) is 5.10. The highest BCUT2D eigenvalue weighted by Crippen LogP contribution is 2.40. The molecule has 3 heterocycles. The molecular weight excluding hydrogens is 515 g/mol. The molecule has 0 unspecified atom stereocenters. The first-order valence-corrected chi connectivity index (χ1v) is 11.7. The molecule has 1 aromatic heterocycles. The van der Waals surface area contributed by atoms with Crippen LogP contribution in [0, 0.1) is 0 Å². The summed E-state index contributed by atoms with van der Waals surface area (Å²) in [5, 5.41) is 0.519. The van der Waals surface area contributed by atoms with Gasteiger partial charge in [-0.05, 0) is 35.7 Å². The Balaban J connectivity index is 1.72. The van der Waals surface area contributed by atoms with Gasteiger partial charge in [0.15, 0.2) is 5.54 Å². The molecule has 5 amide bonds. The van der Waals surface area contributed by atoms with E-state index in [1.165, 1.54) is 12.4 Å². The van der Waals surface area contributed by atoms with E-state index in [1.54, 1.807) is 36.4 Å². The Morgan fingerprint density at radius 3 is 2.41 bits per heavy atom. The number of hydrogen-bond donors (Lipinski definition) is 1. The Kier molecular flexibility index (Phi) is 7.13. The standard InChI is InChI=1S/C24H23ClF3N5O4/c25-17-6-3-15(4-7-17)5-8-18(34)31-10-11-33-22(37)32(14-24(26,27)28)21(36)23(33,19(31)20(29)35)12-16-2-1-9-30-13-16/h1-4,6-7,9,13,19H,5,8,10-12,14H2,(H2,29,35)/t19-,23-/m0/s1. The smallest absolute Gasteiger partial charge is 0.368 e. The highest BCUT2D eigenvalue weighted by Gasteiger charge is 2.67. The molecule has 0 spiro atoms. The molecule has 196 valence electrons. The van der Waals surface area contributed by atoms with Gasteiger partial charge in [0.2, 0.25) is 11.8 Å². The molecule has 2 aromatic rings. The fourth-order valence-corrected chi connectivity index (χ4v) is 5.14. The van der Waals surface area contributed by atoms with Crippen LogP contribution in [0.2, 0.25) is 5.02 Å². The lowest BCUT2D eigenvalue weighted by molar-refractivity contribution is -0.162. The number of nitrogens with two attached hydrogens (primary N) is 1. The minimum absolute atomic E-state index is 0.0667. The Bertz CT molecular complexity index is 1210. The molecule has 0 aliphatic carbocycles. The first-order valence-electron chi connectivity index (χ1n) is 11.4. The van der Waals surface area contributed by atoms with E-state index in [0.717, 1.165) is 15.4 Å². The molecule has 0 bridgehead atoms. The van der Waals surface area contributed by atoms with Crippen molar-refractivity contribution in [2.75, 3.05) is 19.6 Å². The number of nitrogens with zero attached hydrogens (tertiary/aromatic N) is 4. The van der Waals surface area contributed by atoms with Crippen molar-refractivity contribution in [1.82, 2.24) is 19.7 Å². The molecule has 2 aliphatic rings. The van der Waals surface area contributed by atoms with Gasteiger partial charge in [0, 0.05) is 43.3 Å². The average Bonchev–Trinajstić information content (AvgIpc) is 3.03. The molecule has 2 atom stereocenters. The molecule has 0 radical (unpaired) electrons. The Morgan fingerprint density at radius 1 is 1.11 bits per heavy atom. The summed E-state index contributed by atoms with van der Waals surface area (Å²) in [6.07, 6.45) is -2.18. The van der Waals surface area contributed by atoms with Crippen LogP contribution in [0.4, 0.5) is 18.0 Å². The summed E-state index contributed by atoms with van der Waals surface area (Å²) < 4.78 is 39.9. The summed E-state index contributed by atoms with van der Waals surface area (Å²) >= 11 is 5.89. The number of piperazine rings is 1. The number of halogens is 4. The zero-order chi connectivity index (χ0) is 27.0. The third-order valence-corrected chi connectivity index (χ3v) is 6.80. The number of carbonyl (C=O) groups excluding carboxylic acids is 4. The first kappa shape index (κ1) is 26.4. The number of pyridine rings is 1. The molecule has 4 rings (SSSR count). The van der Waals surface area contributed by atoms with E-state index < -0.39 is 48.1 Å². The van der Waals surface area contributed by atoms with Gasteiger partial charge >= 0.3 is 12.2 Å². The number of urea groups is 1. The van der Waals surface area contributed by atoms with Crippen LogP contribution in [0.15, 0.2) is 48.8 Å². The maximum absolute atomic E-state index is 13.6. The van der Waals surface area contributed by atoms with Gasteiger partial charge in [0.05, 0.1) is 0 Å². The first-order chi connectivity index (χ1) is 17.4. The van der Waals surface area contributed by atoms with Crippen LogP contribution in [-0.4, -0.2) is 80.8 Å². The number of fused-ring (bicyclic) bond motifs is 1.